The molecule has 29 heavy (non-hydrogen) atoms. The molecule has 11 heteroatoms. The third-order valence-corrected chi connectivity index (χ3v) is 4.55. The Bertz CT molecular complexity index is 759. The van der Waals surface area contributed by atoms with Gasteiger partial charge in [-0.3, -0.25) is 4.79 Å². The predicted molar refractivity (Wildman–Crippen MR) is 91.8 cm³/mol. The maximum Gasteiger partial charge on any atom is 0.508 e. The first kappa shape index (κ1) is 22.5. The van der Waals surface area contributed by atoms with Crippen molar-refractivity contribution >= 4 is 18.1 Å². The Morgan fingerprint density at radius 3 is 2.34 bits per heavy atom. The zero-order valence-corrected chi connectivity index (χ0v) is 15.4. The van der Waals surface area contributed by atoms with Crippen LogP contribution in [0.15, 0.2) is 24.3 Å². The maximum absolute atomic E-state index is 14.3. The summed E-state index contributed by atoms with van der Waals surface area (Å²) in [6, 6.07) is 4.07. The van der Waals surface area contributed by atoms with E-state index in [1.165, 1.54) is 31.2 Å². The van der Waals surface area contributed by atoms with Crippen LogP contribution >= 0.6 is 0 Å². The van der Waals surface area contributed by atoms with Crippen molar-refractivity contribution in [3.05, 3.63) is 35.6 Å². The van der Waals surface area contributed by atoms with Crippen LogP contribution in [0.4, 0.5) is 13.6 Å². The first-order valence-corrected chi connectivity index (χ1v) is 8.67. The fraction of sp³-hybridized carbons (Fsp3) is 0.500. The Hall–Kier alpha value is -2.79. The lowest BCUT2D eigenvalue weighted by atomic mass is 10.1. The number of carbonyl (C=O) groups excluding carboxylic acids is 1. The summed E-state index contributed by atoms with van der Waals surface area (Å²) in [7, 11) is 0. The highest BCUT2D eigenvalue weighted by molar-refractivity contribution is 5.83. The normalized spacial score (nSPS) is 25.0. The molecule has 0 heterocycles. The molecule has 0 saturated heterocycles. The number of hydrogen-bond acceptors (Lipinski definition) is 7. The summed E-state index contributed by atoms with van der Waals surface area (Å²) in [4.78, 5) is 33.5. The minimum absolute atomic E-state index is 0.0618. The van der Waals surface area contributed by atoms with Crippen molar-refractivity contribution in [1.29, 1.82) is 0 Å². The molecule has 5 atom stereocenters. The topological polar surface area (TPSA) is 145 Å². The first-order chi connectivity index (χ1) is 13.5. The van der Waals surface area contributed by atoms with Gasteiger partial charge in [-0.1, -0.05) is 12.1 Å². The second kappa shape index (κ2) is 9.14. The van der Waals surface area contributed by atoms with Gasteiger partial charge in [-0.25, -0.2) is 18.4 Å². The number of carbonyl (C=O) groups is 3. The highest BCUT2D eigenvalue weighted by Gasteiger charge is 2.70. The molecule has 1 aliphatic carbocycles. The molecule has 0 radical (unpaired) electrons. The van der Waals surface area contributed by atoms with Gasteiger partial charge >= 0.3 is 18.1 Å². The summed E-state index contributed by atoms with van der Waals surface area (Å²) in [6.45, 7) is 1.13. The average Bonchev–Trinajstić information content (AvgIpc) is 3.14. The van der Waals surface area contributed by atoms with Gasteiger partial charge in [-0.2, -0.15) is 0 Å². The van der Waals surface area contributed by atoms with Crippen molar-refractivity contribution in [3.63, 3.8) is 0 Å². The van der Waals surface area contributed by atoms with Crippen LogP contribution in [-0.2, 0) is 30.4 Å². The maximum atomic E-state index is 14.3. The summed E-state index contributed by atoms with van der Waals surface area (Å²) in [5.41, 5.74) is 3.49. The van der Waals surface area contributed by atoms with E-state index in [0.29, 0.717) is 5.56 Å². The second-order valence-corrected chi connectivity index (χ2v) is 6.65. The smallest absolute Gasteiger partial charge is 0.479 e. The molecule has 1 aromatic carbocycles. The Labute approximate surface area is 164 Å². The van der Waals surface area contributed by atoms with Crippen molar-refractivity contribution in [2.75, 3.05) is 0 Å². The van der Waals surface area contributed by atoms with Crippen molar-refractivity contribution < 1.29 is 47.6 Å². The number of esters is 1. The number of nitrogens with two attached hydrogens (primary N) is 1. The molecule has 0 aliphatic heterocycles. The van der Waals surface area contributed by atoms with Gasteiger partial charge in [-0.15, -0.1) is 0 Å². The summed E-state index contributed by atoms with van der Waals surface area (Å²) >= 11 is 0. The van der Waals surface area contributed by atoms with E-state index in [2.05, 4.69) is 4.74 Å². The lowest BCUT2D eigenvalue weighted by molar-refractivity contribution is -0.170. The van der Waals surface area contributed by atoms with Crippen LogP contribution in [0.3, 0.4) is 0 Å². The molecule has 1 aliphatic rings. The zero-order chi connectivity index (χ0) is 21.8. The summed E-state index contributed by atoms with van der Waals surface area (Å²) < 4.78 is 41.9. The number of benzene rings is 1. The quantitative estimate of drug-likeness (QED) is 0.383. The molecule has 2 rings (SSSR count). The highest BCUT2D eigenvalue weighted by atomic mass is 19.1. The summed E-state index contributed by atoms with van der Waals surface area (Å²) in [5, 5.41) is 17.5. The van der Waals surface area contributed by atoms with Crippen LogP contribution < -0.4 is 5.73 Å². The standard InChI is InChI=1S/C18H21F2NO8/c1-9(29-17(25)26)28-14(22)7-12(6-13-15(21)18(13,20)16(23)24)27-8-10-2-4-11(19)5-3-10/h2-5,9,12-13,15H,6-8,21H2,1H3,(H,23,24)(H,25,26)/t9-,12+,13+,15?,18+/m0/s1. The third-order valence-electron chi connectivity index (χ3n) is 4.55. The fourth-order valence-electron chi connectivity index (χ4n) is 2.95. The van der Waals surface area contributed by atoms with Crippen LogP contribution in [0.1, 0.15) is 25.3 Å². The Kier molecular flexibility index (Phi) is 7.09. The molecule has 0 amide bonds. The van der Waals surface area contributed by atoms with Crippen LogP contribution in [0.5, 0.6) is 0 Å². The van der Waals surface area contributed by atoms with E-state index in [1.807, 2.05) is 0 Å². The molecule has 1 saturated carbocycles. The van der Waals surface area contributed by atoms with E-state index in [-0.39, 0.29) is 13.0 Å². The molecule has 1 aromatic rings. The summed E-state index contributed by atoms with van der Waals surface area (Å²) in [6.07, 6.45) is -4.60. The number of alkyl halides is 1. The molecular formula is C18H21F2NO8. The third kappa shape index (κ3) is 5.84. The predicted octanol–water partition coefficient (Wildman–Crippen LogP) is 1.82. The second-order valence-electron chi connectivity index (χ2n) is 6.65. The zero-order valence-electron chi connectivity index (χ0n) is 15.4. The molecule has 9 nitrogen and oxygen atoms in total. The van der Waals surface area contributed by atoms with Gasteiger partial charge in [0.05, 0.1) is 25.2 Å². The van der Waals surface area contributed by atoms with Crippen LogP contribution in [0.2, 0.25) is 0 Å². The molecule has 160 valence electrons. The number of hydrogen-bond donors (Lipinski definition) is 3. The largest absolute Gasteiger partial charge is 0.508 e. The fourth-order valence-corrected chi connectivity index (χ4v) is 2.95. The van der Waals surface area contributed by atoms with E-state index in [9.17, 15) is 23.2 Å². The molecule has 1 unspecified atom stereocenters. The SMILES string of the molecule is C[C@H](OC(=O)O)OC(=O)C[C@@H](C[C@@H]1C(N)[C@@]1(F)C(=O)O)OCc1ccc(F)cc1. The minimum Gasteiger partial charge on any atom is -0.479 e. The van der Waals surface area contributed by atoms with Crippen LogP contribution in [0.25, 0.3) is 0 Å². The number of halogens is 2. The van der Waals surface area contributed by atoms with Gasteiger partial charge in [0.25, 0.3) is 0 Å². The number of rotatable bonds is 10. The van der Waals surface area contributed by atoms with Crippen molar-refractivity contribution in [3.8, 4) is 0 Å². The highest BCUT2D eigenvalue weighted by Crippen LogP contribution is 2.49. The number of carboxylic acids is 1. The average molecular weight is 417 g/mol. The monoisotopic (exact) mass is 417 g/mol. The first-order valence-electron chi connectivity index (χ1n) is 8.67. The van der Waals surface area contributed by atoms with Crippen LogP contribution in [-0.4, -0.2) is 52.4 Å². The van der Waals surface area contributed by atoms with Gasteiger partial charge in [0.1, 0.15) is 5.82 Å². The van der Waals surface area contributed by atoms with Crippen molar-refractivity contribution in [2.45, 2.75) is 50.5 Å². The van der Waals surface area contributed by atoms with Gasteiger partial charge in [-0.05, 0) is 24.1 Å². The Morgan fingerprint density at radius 2 is 1.83 bits per heavy atom. The van der Waals surface area contributed by atoms with E-state index in [0.717, 1.165) is 0 Å². The van der Waals surface area contributed by atoms with E-state index in [4.69, 9.17) is 25.4 Å². The molecule has 0 bridgehead atoms. The molecule has 4 N–H and O–H groups in total. The minimum atomic E-state index is -2.61. The van der Waals surface area contributed by atoms with Gasteiger partial charge in [0.2, 0.25) is 12.0 Å². The van der Waals surface area contributed by atoms with Gasteiger partial charge in [0.15, 0.2) is 0 Å². The lowest BCUT2D eigenvalue weighted by Crippen LogP contribution is -2.27. The molecule has 0 spiro atoms. The molecule has 0 aromatic heterocycles. The van der Waals surface area contributed by atoms with E-state index in [1.54, 1.807) is 0 Å². The number of aliphatic carboxylic acids is 1. The van der Waals surface area contributed by atoms with E-state index >= 15 is 0 Å². The lowest BCUT2D eigenvalue weighted by Gasteiger charge is -2.19. The van der Waals surface area contributed by atoms with Crippen LogP contribution in [0, 0.1) is 11.7 Å². The number of carboxylic acid groups (broad SMARTS) is 2. The Morgan fingerprint density at radius 1 is 1.21 bits per heavy atom. The molecular weight excluding hydrogens is 396 g/mol. The molecule has 1 fully saturated rings. The summed E-state index contributed by atoms with van der Waals surface area (Å²) in [5.74, 6) is -4.11. The Balaban J connectivity index is 2.00. The van der Waals surface area contributed by atoms with E-state index < -0.39 is 60.4 Å². The number of ether oxygens (including phenoxy) is 3. The van der Waals surface area contributed by atoms with Gasteiger partial charge < -0.3 is 30.2 Å². The van der Waals surface area contributed by atoms with Crippen molar-refractivity contribution in [1.82, 2.24) is 0 Å². The van der Waals surface area contributed by atoms with Crippen molar-refractivity contribution in [2.24, 2.45) is 11.7 Å². The van der Waals surface area contributed by atoms with Gasteiger partial charge in [0, 0.05) is 12.8 Å².